The van der Waals surface area contributed by atoms with Crippen LogP contribution in [0.2, 0.25) is 0 Å². The van der Waals surface area contributed by atoms with E-state index < -0.39 is 53.8 Å². The number of ether oxygens (including phenoxy) is 3. The number of rotatable bonds is 7. The molecule has 286 valence electrons. The molecule has 13 nitrogen and oxygen atoms in total. The fourth-order valence-electron chi connectivity index (χ4n) is 7.34. The number of amides is 1. The standard InChI is InChI=1S/C40H40F2N6O7/c1-5-30(49)46-15-16-47(21(4)18-46)36-25-17-27(42)33-31-26(41)7-6-8-28(31)53-19-29(54-38(50)22-9-10-22)35(55-39(51)23-11-12-23)24-13-14-43-32(20(2)3)34(24)48(37(25)44-33)40(52)45-36/h5-8,13-14,17,20-23,29,35H,1,9-12,15-16,18-19H2,2-4H3/t21-,29?,35?/m0/s1. The van der Waals surface area contributed by atoms with E-state index in [0.717, 1.165) is 6.07 Å². The van der Waals surface area contributed by atoms with Crippen molar-refractivity contribution >= 4 is 34.7 Å². The molecule has 0 spiro atoms. The maximum atomic E-state index is 16.6. The summed E-state index contributed by atoms with van der Waals surface area (Å²) in [5, 5.41) is 0.125. The third kappa shape index (κ3) is 6.69. The third-order valence-electron chi connectivity index (χ3n) is 10.5. The number of halogens is 2. The number of fused-ring (bicyclic) bond motifs is 5. The van der Waals surface area contributed by atoms with Crippen molar-refractivity contribution < 1.29 is 37.4 Å². The molecule has 8 rings (SSSR count). The molecule has 2 aliphatic heterocycles. The molecule has 15 heteroatoms. The van der Waals surface area contributed by atoms with E-state index in [1.54, 1.807) is 11.0 Å². The van der Waals surface area contributed by atoms with Gasteiger partial charge in [0.1, 0.15) is 29.7 Å². The van der Waals surface area contributed by atoms with Crippen LogP contribution < -0.4 is 15.3 Å². The second-order valence-corrected chi connectivity index (χ2v) is 14.9. The zero-order chi connectivity index (χ0) is 38.7. The number of esters is 2. The van der Waals surface area contributed by atoms with Gasteiger partial charge in [-0.3, -0.25) is 19.4 Å². The van der Waals surface area contributed by atoms with E-state index in [2.05, 4.69) is 16.5 Å². The lowest BCUT2D eigenvalue weighted by Crippen LogP contribution is -2.54. The second-order valence-electron chi connectivity index (χ2n) is 14.9. The van der Waals surface area contributed by atoms with Crippen LogP contribution in [0.3, 0.4) is 0 Å². The number of hydrogen-bond donors (Lipinski definition) is 0. The minimum Gasteiger partial charge on any atom is -0.489 e. The van der Waals surface area contributed by atoms with Crippen molar-refractivity contribution in [3.8, 4) is 22.7 Å². The molecule has 4 aliphatic rings. The SMILES string of the molecule is C=CC(=O)N1CCN(c2nc(=O)n3c4nc(c(F)cc24)-c2c(F)cccc2OCC(OC(=O)C2CC2)C(OC(=O)C2CC2)c2ccnc(C(C)C)c2-3)[C@@H](C)C1. The predicted molar refractivity (Wildman–Crippen MR) is 196 cm³/mol. The van der Waals surface area contributed by atoms with Crippen molar-refractivity contribution in [1.29, 1.82) is 0 Å². The molecule has 5 heterocycles. The van der Waals surface area contributed by atoms with Crippen molar-refractivity contribution in [3.63, 3.8) is 0 Å². The summed E-state index contributed by atoms with van der Waals surface area (Å²) in [7, 11) is 0. The van der Waals surface area contributed by atoms with E-state index in [1.165, 1.54) is 35.0 Å². The molecule has 1 amide bonds. The highest BCUT2D eigenvalue weighted by Crippen LogP contribution is 2.42. The Balaban J connectivity index is 1.43. The topological polar surface area (TPSA) is 146 Å². The summed E-state index contributed by atoms with van der Waals surface area (Å²) >= 11 is 0. The highest BCUT2D eigenvalue weighted by Gasteiger charge is 2.42. The van der Waals surface area contributed by atoms with Gasteiger partial charge in [0.25, 0.3) is 0 Å². The van der Waals surface area contributed by atoms with Crippen molar-refractivity contribution in [2.75, 3.05) is 31.1 Å². The minimum absolute atomic E-state index is 0.0760. The minimum atomic E-state index is -1.32. The van der Waals surface area contributed by atoms with Gasteiger partial charge >= 0.3 is 17.6 Å². The summed E-state index contributed by atoms with van der Waals surface area (Å²) in [6.07, 6.45) is 2.67. The third-order valence-corrected chi connectivity index (χ3v) is 10.5. The Bertz CT molecular complexity index is 2310. The Morgan fingerprint density at radius 1 is 1.00 bits per heavy atom. The van der Waals surface area contributed by atoms with Crippen LogP contribution in [-0.2, 0) is 23.9 Å². The normalized spacial score (nSPS) is 20.9. The van der Waals surface area contributed by atoms with E-state index in [1.807, 2.05) is 25.7 Å². The molecular weight excluding hydrogens is 714 g/mol. The molecule has 2 aliphatic carbocycles. The number of piperazine rings is 1. The van der Waals surface area contributed by atoms with E-state index >= 15 is 8.78 Å². The Morgan fingerprint density at radius 3 is 2.40 bits per heavy atom. The molecule has 2 unspecified atom stereocenters. The lowest BCUT2D eigenvalue weighted by Gasteiger charge is -2.40. The molecule has 2 bridgehead atoms. The number of carbonyl (C=O) groups excluding carboxylic acids is 3. The van der Waals surface area contributed by atoms with Crippen molar-refractivity contribution in [2.24, 2.45) is 11.8 Å². The van der Waals surface area contributed by atoms with Gasteiger partial charge in [0, 0.05) is 37.4 Å². The fourth-order valence-corrected chi connectivity index (χ4v) is 7.34. The van der Waals surface area contributed by atoms with Crippen LogP contribution in [0.25, 0.3) is 28.0 Å². The number of pyridine rings is 2. The maximum absolute atomic E-state index is 16.6. The smallest absolute Gasteiger partial charge is 0.355 e. The number of carbonyl (C=O) groups is 3. The van der Waals surface area contributed by atoms with E-state index in [0.29, 0.717) is 31.4 Å². The largest absolute Gasteiger partial charge is 0.489 e. The summed E-state index contributed by atoms with van der Waals surface area (Å²) in [4.78, 5) is 71.4. The average Bonchev–Trinajstić information content (AvgIpc) is 4.09. The molecule has 1 aromatic carbocycles. The summed E-state index contributed by atoms with van der Waals surface area (Å²) in [5.74, 6) is -4.06. The zero-order valence-electron chi connectivity index (χ0n) is 30.7. The molecule has 3 aromatic heterocycles. The van der Waals surface area contributed by atoms with Crippen LogP contribution >= 0.6 is 0 Å². The highest BCUT2D eigenvalue weighted by molar-refractivity contribution is 5.92. The molecule has 0 radical (unpaired) electrons. The summed E-state index contributed by atoms with van der Waals surface area (Å²) in [5.41, 5.74) is -0.840. The number of nitrogens with zero attached hydrogens (tertiary/aromatic N) is 6. The molecule has 3 atom stereocenters. The summed E-state index contributed by atoms with van der Waals surface area (Å²) in [6.45, 7) is 9.56. The first-order valence-corrected chi connectivity index (χ1v) is 18.6. The Morgan fingerprint density at radius 2 is 1.73 bits per heavy atom. The second kappa shape index (κ2) is 14.2. The van der Waals surface area contributed by atoms with Gasteiger partial charge in [0.05, 0.1) is 34.2 Å². The van der Waals surface area contributed by atoms with Gasteiger partial charge in [0.15, 0.2) is 23.7 Å². The van der Waals surface area contributed by atoms with Crippen LogP contribution in [0.5, 0.6) is 5.75 Å². The van der Waals surface area contributed by atoms with Crippen LogP contribution in [0, 0.1) is 23.5 Å². The monoisotopic (exact) mass is 754 g/mol. The van der Waals surface area contributed by atoms with Gasteiger partial charge < -0.3 is 24.0 Å². The van der Waals surface area contributed by atoms with E-state index in [9.17, 15) is 19.2 Å². The van der Waals surface area contributed by atoms with Gasteiger partial charge in [-0.2, -0.15) is 4.98 Å². The highest BCUT2D eigenvalue weighted by atomic mass is 19.1. The molecule has 3 fully saturated rings. The van der Waals surface area contributed by atoms with Crippen LogP contribution in [0.15, 0.2) is 54.0 Å². The van der Waals surface area contributed by atoms with Crippen LogP contribution in [0.4, 0.5) is 14.6 Å². The Hall–Kier alpha value is -5.73. The lowest BCUT2D eigenvalue weighted by atomic mass is 9.97. The molecule has 2 saturated carbocycles. The van der Waals surface area contributed by atoms with Gasteiger partial charge in [-0.05, 0) is 68.9 Å². The number of aromatic nitrogens is 4. The van der Waals surface area contributed by atoms with Gasteiger partial charge in [-0.15, -0.1) is 0 Å². The molecular formula is C40H40F2N6O7. The van der Waals surface area contributed by atoms with Crippen molar-refractivity contribution in [2.45, 2.75) is 70.6 Å². The molecule has 1 saturated heterocycles. The van der Waals surface area contributed by atoms with Gasteiger partial charge in [-0.25, -0.2) is 23.1 Å². The number of anilines is 1. The van der Waals surface area contributed by atoms with Crippen molar-refractivity contribution in [1.82, 2.24) is 24.4 Å². The Labute approximate surface area is 314 Å². The fraction of sp³-hybridized carbons (Fsp3) is 0.425. The predicted octanol–water partition coefficient (Wildman–Crippen LogP) is 5.18. The average molecular weight is 755 g/mol. The maximum Gasteiger partial charge on any atom is 0.355 e. The molecule has 55 heavy (non-hydrogen) atoms. The first-order valence-electron chi connectivity index (χ1n) is 18.6. The summed E-state index contributed by atoms with van der Waals surface area (Å²) < 4.78 is 52.3. The van der Waals surface area contributed by atoms with Gasteiger partial charge in [-0.1, -0.05) is 26.5 Å². The van der Waals surface area contributed by atoms with Crippen molar-refractivity contribution in [3.05, 3.63) is 82.6 Å². The van der Waals surface area contributed by atoms with E-state index in [4.69, 9.17) is 19.2 Å². The molecule has 0 N–H and O–H groups in total. The first-order chi connectivity index (χ1) is 26.4. The first kappa shape index (κ1) is 36.3. The Kier molecular flexibility index (Phi) is 9.34. The number of hydrogen-bond acceptors (Lipinski definition) is 11. The zero-order valence-corrected chi connectivity index (χ0v) is 30.7. The summed E-state index contributed by atoms with van der Waals surface area (Å²) in [6, 6.07) is 6.35. The van der Waals surface area contributed by atoms with Crippen LogP contribution in [0.1, 0.15) is 69.7 Å². The van der Waals surface area contributed by atoms with Gasteiger partial charge in [0.2, 0.25) is 5.91 Å². The lowest BCUT2D eigenvalue weighted by molar-refractivity contribution is -0.173. The number of benzene rings is 1. The van der Waals surface area contributed by atoms with E-state index in [-0.39, 0.29) is 88.8 Å². The quantitative estimate of drug-likeness (QED) is 0.182. The molecule has 4 aromatic rings. The van der Waals surface area contributed by atoms with Crippen LogP contribution in [-0.4, -0.2) is 80.7 Å².